The smallest absolute Gasteiger partial charge is 0.303 e. The molecule has 242 valence electrons. The Balaban J connectivity index is 0. The molecule has 2 atom stereocenters. The van der Waals surface area contributed by atoms with E-state index in [1.807, 2.05) is 6.08 Å². The van der Waals surface area contributed by atoms with E-state index in [9.17, 15) is 9.90 Å². The van der Waals surface area contributed by atoms with Gasteiger partial charge in [-0.3, -0.25) is 4.79 Å². The third kappa shape index (κ3) is 38.6. The average Bonchev–Trinajstić information content (AvgIpc) is 2.97. The molecule has 0 fully saturated rings. The predicted molar refractivity (Wildman–Crippen MR) is 178 cm³/mol. The zero-order valence-electron chi connectivity index (χ0n) is 27.1. The Hall–Kier alpha value is -1.43. The Morgan fingerprint density at radius 2 is 1.00 bits per heavy atom. The van der Waals surface area contributed by atoms with Gasteiger partial charge in [0.1, 0.15) is 0 Å². The number of aliphatic hydroxyl groups excluding tert-OH is 2. The van der Waals surface area contributed by atoms with E-state index in [0.717, 1.165) is 32.1 Å². The van der Waals surface area contributed by atoms with E-state index in [1.54, 1.807) is 6.08 Å². The third-order valence-electron chi connectivity index (χ3n) is 7.30. The van der Waals surface area contributed by atoms with Crippen molar-refractivity contribution in [1.29, 1.82) is 0 Å². The summed E-state index contributed by atoms with van der Waals surface area (Å²) < 4.78 is 0. The molecule has 5 nitrogen and oxygen atoms in total. The zero-order chi connectivity index (χ0) is 30.7. The maximum absolute atomic E-state index is 10.3. The number of nitrogens with two attached hydrogens (primary N) is 1. The van der Waals surface area contributed by atoms with Crippen molar-refractivity contribution in [1.82, 2.24) is 0 Å². The van der Waals surface area contributed by atoms with E-state index in [0.29, 0.717) is 6.42 Å². The van der Waals surface area contributed by atoms with Gasteiger partial charge < -0.3 is 21.1 Å². The topological polar surface area (TPSA) is 104 Å². The summed E-state index contributed by atoms with van der Waals surface area (Å²) in [6, 6.07) is -0.557. The molecule has 0 aromatic rings. The molecule has 5 heteroatoms. The van der Waals surface area contributed by atoms with E-state index in [2.05, 4.69) is 38.2 Å². The molecule has 0 aliphatic carbocycles. The van der Waals surface area contributed by atoms with Crippen LogP contribution in [0.3, 0.4) is 0 Å². The summed E-state index contributed by atoms with van der Waals surface area (Å²) in [5.41, 5.74) is 5.51. The molecular weight excluding hydrogens is 510 g/mol. The van der Waals surface area contributed by atoms with Crippen molar-refractivity contribution in [2.75, 3.05) is 6.61 Å². The first-order valence-corrected chi connectivity index (χ1v) is 17.2. The van der Waals surface area contributed by atoms with Crippen LogP contribution < -0.4 is 5.73 Å². The van der Waals surface area contributed by atoms with Crippen molar-refractivity contribution in [3.8, 4) is 0 Å². The highest BCUT2D eigenvalue weighted by atomic mass is 16.4. The van der Waals surface area contributed by atoms with Gasteiger partial charge in [-0.1, -0.05) is 147 Å². The number of aliphatic hydroxyl groups is 2. The van der Waals surface area contributed by atoms with Crippen LogP contribution >= 0.6 is 0 Å². The van der Waals surface area contributed by atoms with Gasteiger partial charge in [0.25, 0.3) is 0 Å². The van der Waals surface area contributed by atoms with Gasteiger partial charge in [0.2, 0.25) is 0 Å². The molecule has 0 aromatic carbocycles. The number of hydrogen-bond acceptors (Lipinski definition) is 4. The quantitative estimate of drug-likeness (QED) is 0.0521. The molecule has 0 radical (unpaired) electrons. The van der Waals surface area contributed by atoms with Crippen LogP contribution in [0.1, 0.15) is 168 Å². The van der Waals surface area contributed by atoms with Crippen molar-refractivity contribution in [3.05, 3.63) is 36.5 Å². The molecule has 0 amide bonds. The number of hydrogen-bond donors (Lipinski definition) is 4. The summed E-state index contributed by atoms with van der Waals surface area (Å²) in [6.45, 7) is 4.32. The van der Waals surface area contributed by atoms with E-state index in [4.69, 9.17) is 15.9 Å². The lowest BCUT2D eigenvalue weighted by molar-refractivity contribution is -0.137. The molecule has 0 saturated heterocycles. The van der Waals surface area contributed by atoms with Gasteiger partial charge in [0.05, 0.1) is 18.8 Å². The Bertz CT molecular complexity index is 602. The highest BCUT2D eigenvalue weighted by Gasteiger charge is 2.08. The molecule has 0 rings (SSSR count). The third-order valence-corrected chi connectivity index (χ3v) is 7.30. The normalized spacial score (nSPS) is 13.2. The molecule has 0 bridgehead atoms. The summed E-state index contributed by atoms with van der Waals surface area (Å²) >= 11 is 0. The first kappa shape index (κ1) is 41.7. The fourth-order valence-electron chi connectivity index (χ4n) is 4.50. The van der Waals surface area contributed by atoms with Crippen LogP contribution in [0.4, 0.5) is 0 Å². The van der Waals surface area contributed by atoms with Crippen LogP contribution in [0, 0.1) is 0 Å². The van der Waals surface area contributed by atoms with Crippen LogP contribution in [-0.2, 0) is 4.79 Å². The van der Waals surface area contributed by atoms with Crippen LogP contribution in [0.2, 0.25) is 0 Å². The Morgan fingerprint density at radius 1 is 0.610 bits per heavy atom. The van der Waals surface area contributed by atoms with E-state index in [-0.39, 0.29) is 6.61 Å². The van der Waals surface area contributed by atoms with Gasteiger partial charge in [-0.2, -0.15) is 0 Å². The molecule has 0 heterocycles. The van der Waals surface area contributed by atoms with Crippen molar-refractivity contribution < 1.29 is 20.1 Å². The van der Waals surface area contributed by atoms with Crippen molar-refractivity contribution in [3.63, 3.8) is 0 Å². The van der Waals surface area contributed by atoms with Crippen LogP contribution in [-0.4, -0.2) is 40.0 Å². The van der Waals surface area contributed by atoms with Gasteiger partial charge in [0.15, 0.2) is 0 Å². The van der Waals surface area contributed by atoms with Gasteiger partial charge in [-0.05, 0) is 51.4 Å². The lowest BCUT2D eigenvalue weighted by atomic mass is 10.0. The van der Waals surface area contributed by atoms with Gasteiger partial charge in [-0.15, -0.1) is 0 Å². The molecule has 0 unspecified atom stereocenters. The SMILES string of the molecule is CCCCC/C=C\C/C=C\CCCCCCCC(=O)O.CCCCCCCCCCCCC/C=C/[C@@H](O)[C@@H](N)CO. The number of carboxylic acid groups (broad SMARTS) is 1. The van der Waals surface area contributed by atoms with Crippen molar-refractivity contribution in [2.24, 2.45) is 5.73 Å². The molecule has 0 saturated carbocycles. The molecule has 0 aliphatic heterocycles. The Labute approximate surface area is 254 Å². The summed E-state index contributed by atoms with van der Waals surface area (Å²) in [4.78, 5) is 10.3. The second-order valence-electron chi connectivity index (χ2n) is 11.5. The minimum atomic E-state index is -0.720. The van der Waals surface area contributed by atoms with E-state index < -0.39 is 18.1 Å². The van der Waals surface area contributed by atoms with E-state index in [1.165, 1.54) is 116 Å². The predicted octanol–water partition coefficient (Wildman–Crippen LogP) is 9.81. The molecule has 0 aliphatic rings. The summed E-state index contributed by atoms with van der Waals surface area (Å²) in [5.74, 6) is -0.671. The zero-order valence-corrected chi connectivity index (χ0v) is 27.1. The molecule has 0 spiro atoms. The lowest BCUT2D eigenvalue weighted by Crippen LogP contribution is -2.36. The lowest BCUT2D eigenvalue weighted by Gasteiger charge is -2.11. The first-order valence-electron chi connectivity index (χ1n) is 17.2. The number of carbonyl (C=O) groups is 1. The summed E-state index contributed by atoms with van der Waals surface area (Å²) in [7, 11) is 0. The highest BCUT2D eigenvalue weighted by molar-refractivity contribution is 5.66. The number of unbranched alkanes of at least 4 members (excludes halogenated alkanes) is 19. The maximum atomic E-state index is 10.3. The number of carboxylic acids is 1. The minimum absolute atomic E-state index is 0.177. The largest absolute Gasteiger partial charge is 0.481 e. The minimum Gasteiger partial charge on any atom is -0.481 e. The van der Waals surface area contributed by atoms with E-state index >= 15 is 0 Å². The van der Waals surface area contributed by atoms with Crippen LogP contribution in [0.5, 0.6) is 0 Å². The summed E-state index contributed by atoms with van der Waals surface area (Å²) in [5, 5.41) is 26.8. The van der Waals surface area contributed by atoms with Crippen LogP contribution in [0.25, 0.3) is 0 Å². The molecule has 41 heavy (non-hydrogen) atoms. The highest BCUT2D eigenvalue weighted by Crippen LogP contribution is 2.12. The number of aliphatic carboxylic acids is 1. The number of allylic oxidation sites excluding steroid dienone is 5. The monoisotopic (exact) mass is 580 g/mol. The maximum Gasteiger partial charge on any atom is 0.303 e. The number of rotatable bonds is 29. The molecule has 5 N–H and O–H groups in total. The van der Waals surface area contributed by atoms with Crippen LogP contribution in [0.15, 0.2) is 36.5 Å². The second kappa shape index (κ2) is 36.6. The average molecular weight is 580 g/mol. The fourth-order valence-corrected chi connectivity index (χ4v) is 4.50. The summed E-state index contributed by atoms with van der Waals surface area (Å²) in [6.07, 6.45) is 41.1. The molecular formula is C36H69NO4. The molecule has 0 aromatic heterocycles. The van der Waals surface area contributed by atoms with Gasteiger partial charge >= 0.3 is 5.97 Å². The first-order chi connectivity index (χ1) is 20.0. The fraction of sp³-hybridized carbons (Fsp3) is 0.806. The Kier molecular flexibility index (Phi) is 37.2. The van der Waals surface area contributed by atoms with Crippen molar-refractivity contribution in [2.45, 2.75) is 180 Å². The van der Waals surface area contributed by atoms with Gasteiger partial charge in [-0.25, -0.2) is 0 Å². The second-order valence-corrected chi connectivity index (χ2v) is 11.5. The standard InChI is InChI=1S/C18H37NO2.C18H32O2/c1-2-3-4-5-6-7-8-9-10-11-12-13-14-15-18(21)17(19)16-20;1-2-3-4-5-6-7-8-9-10-11-12-13-14-15-16-17-18(19)20/h14-15,17-18,20-21H,2-13,16,19H2,1H3;6-7,9-10H,2-5,8,11-17H2,1H3,(H,19,20)/b15-14+;7-6-,10-9-/t17-,18+;/m0./s1. The Morgan fingerprint density at radius 3 is 1.46 bits per heavy atom. The van der Waals surface area contributed by atoms with Gasteiger partial charge in [0, 0.05) is 6.42 Å². The van der Waals surface area contributed by atoms with Crippen molar-refractivity contribution >= 4 is 5.97 Å².